The molecule has 0 spiro atoms. The van der Waals surface area contributed by atoms with Gasteiger partial charge in [-0.15, -0.1) is 0 Å². The summed E-state index contributed by atoms with van der Waals surface area (Å²) in [6.07, 6.45) is 1.84. The number of nitrogens with one attached hydrogen (secondary N) is 2. The van der Waals surface area contributed by atoms with E-state index in [1.807, 2.05) is 18.7 Å². The Labute approximate surface area is 117 Å². The van der Waals surface area contributed by atoms with Crippen LogP contribution in [-0.2, 0) is 9.53 Å². The summed E-state index contributed by atoms with van der Waals surface area (Å²) < 4.78 is 5.12. The third-order valence-electron chi connectivity index (χ3n) is 3.70. The van der Waals surface area contributed by atoms with Crippen molar-refractivity contribution in [3.63, 3.8) is 0 Å². The van der Waals surface area contributed by atoms with Gasteiger partial charge in [-0.1, -0.05) is 0 Å². The van der Waals surface area contributed by atoms with Crippen molar-refractivity contribution in [2.75, 3.05) is 26.8 Å². The van der Waals surface area contributed by atoms with Gasteiger partial charge in [-0.2, -0.15) is 5.10 Å². The zero-order chi connectivity index (χ0) is 14.8. The highest BCUT2D eigenvalue weighted by Gasteiger charge is 2.35. The van der Waals surface area contributed by atoms with E-state index < -0.39 is 5.41 Å². The maximum atomic E-state index is 12.5. The molecule has 0 aliphatic carbocycles. The van der Waals surface area contributed by atoms with E-state index in [4.69, 9.17) is 4.74 Å². The molecule has 112 valence electrons. The molecule has 1 fully saturated rings. The lowest BCUT2D eigenvalue weighted by Gasteiger charge is -2.36. The highest BCUT2D eigenvalue weighted by molar-refractivity contribution is 5.82. The minimum Gasteiger partial charge on any atom is -0.384 e. The van der Waals surface area contributed by atoms with Crippen molar-refractivity contribution in [2.45, 2.75) is 32.6 Å². The Balaban J connectivity index is 2.07. The van der Waals surface area contributed by atoms with Crippen molar-refractivity contribution in [1.29, 1.82) is 0 Å². The molecule has 0 aromatic carbocycles. The number of aromatic amines is 2. The van der Waals surface area contributed by atoms with Gasteiger partial charge in [0.1, 0.15) is 5.82 Å². The number of ether oxygens (including phenoxy) is 1. The van der Waals surface area contributed by atoms with Crippen LogP contribution in [0.25, 0.3) is 0 Å². The van der Waals surface area contributed by atoms with Crippen molar-refractivity contribution in [1.82, 2.24) is 20.1 Å². The number of H-pyrrole nitrogens is 2. The Hall–Kier alpha value is -1.63. The minimum absolute atomic E-state index is 0.0851. The molecule has 1 atom stereocenters. The first kappa shape index (κ1) is 14.8. The number of carbonyl (C=O) groups is 1. The number of nitrogens with zero attached hydrogens (tertiary/aromatic N) is 2. The van der Waals surface area contributed by atoms with Gasteiger partial charge in [-0.05, 0) is 26.7 Å². The predicted molar refractivity (Wildman–Crippen MR) is 73.4 cm³/mol. The maximum absolute atomic E-state index is 12.5. The Morgan fingerprint density at radius 3 is 2.90 bits per heavy atom. The summed E-state index contributed by atoms with van der Waals surface area (Å²) in [7, 11) is 1.60. The van der Waals surface area contributed by atoms with Crippen LogP contribution in [-0.4, -0.2) is 52.8 Å². The van der Waals surface area contributed by atoms with Crippen LogP contribution in [0, 0.1) is 5.41 Å². The molecule has 7 heteroatoms. The van der Waals surface area contributed by atoms with Crippen molar-refractivity contribution >= 4 is 5.91 Å². The number of aromatic nitrogens is 3. The van der Waals surface area contributed by atoms with Crippen LogP contribution in [0.3, 0.4) is 0 Å². The molecule has 1 aromatic rings. The first-order valence-electron chi connectivity index (χ1n) is 6.87. The normalized spacial score (nSPS) is 20.1. The van der Waals surface area contributed by atoms with E-state index in [-0.39, 0.29) is 17.5 Å². The lowest BCUT2D eigenvalue weighted by molar-refractivity contribution is -0.144. The SMILES string of the molecule is COCC(C)(C)C(=O)N1CCCC(c2n[nH]c(=O)[nH]2)C1. The van der Waals surface area contributed by atoms with Crippen molar-refractivity contribution in [3.05, 3.63) is 16.3 Å². The first-order valence-corrected chi connectivity index (χ1v) is 6.87. The topological polar surface area (TPSA) is 91.1 Å². The molecule has 2 heterocycles. The highest BCUT2D eigenvalue weighted by atomic mass is 16.5. The number of rotatable bonds is 4. The Morgan fingerprint density at radius 2 is 2.30 bits per heavy atom. The van der Waals surface area contributed by atoms with Crippen LogP contribution in [0.5, 0.6) is 0 Å². The number of hydrogen-bond acceptors (Lipinski definition) is 4. The van der Waals surface area contributed by atoms with Gasteiger partial charge in [0.15, 0.2) is 0 Å². The maximum Gasteiger partial charge on any atom is 0.340 e. The van der Waals surface area contributed by atoms with Crippen molar-refractivity contribution in [3.8, 4) is 0 Å². The van der Waals surface area contributed by atoms with Crippen molar-refractivity contribution < 1.29 is 9.53 Å². The van der Waals surface area contributed by atoms with Crippen molar-refractivity contribution in [2.24, 2.45) is 5.41 Å². The van der Waals surface area contributed by atoms with Gasteiger partial charge in [0.25, 0.3) is 0 Å². The fraction of sp³-hybridized carbons (Fsp3) is 0.769. The van der Waals surface area contributed by atoms with Crippen LogP contribution >= 0.6 is 0 Å². The van der Waals surface area contributed by atoms with E-state index >= 15 is 0 Å². The van der Waals surface area contributed by atoms with Crippen LogP contribution in [0.1, 0.15) is 38.4 Å². The summed E-state index contributed by atoms with van der Waals surface area (Å²) in [6.45, 7) is 5.51. The average molecular weight is 282 g/mol. The highest BCUT2D eigenvalue weighted by Crippen LogP contribution is 2.27. The molecule has 1 saturated heterocycles. The van der Waals surface area contributed by atoms with Crippen LogP contribution < -0.4 is 5.69 Å². The number of likely N-dealkylation sites (tertiary alicyclic amines) is 1. The number of carbonyl (C=O) groups excluding carboxylic acids is 1. The Kier molecular flexibility index (Phi) is 4.27. The second-order valence-corrected chi connectivity index (χ2v) is 5.97. The van der Waals surface area contributed by atoms with Gasteiger partial charge in [0.2, 0.25) is 5.91 Å². The summed E-state index contributed by atoms with van der Waals surface area (Å²) >= 11 is 0. The molecule has 7 nitrogen and oxygen atoms in total. The van der Waals surface area contributed by atoms with Crippen LogP contribution in [0.15, 0.2) is 4.79 Å². The largest absolute Gasteiger partial charge is 0.384 e. The van der Waals surface area contributed by atoms with E-state index in [0.29, 0.717) is 19.0 Å². The fourth-order valence-corrected chi connectivity index (χ4v) is 2.71. The van der Waals surface area contributed by atoms with Crippen LogP contribution in [0.2, 0.25) is 0 Å². The molecule has 2 N–H and O–H groups in total. The average Bonchev–Trinajstić information content (AvgIpc) is 2.85. The zero-order valence-corrected chi connectivity index (χ0v) is 12.2. The van der Waals surface area contributed by atoms with Crippen LogP contribution in [0.4, 0.5) is 0 Å². The molecule has 1 amide bonds. The molecule has 0 saturated carbocycles. The summed E-state index contributed by atoms with van der Waals surface area (Å²) in [4.78, 5) is 28.2. The molecule has 1 aliphatic rings. The number of piperidine rings is 1. The van der Waals surface area contributed by atoms with E-state index in [1.165, 1.54) is 0 Å². The molecule has 20 heavy (non-hydrogen) atoms. The molecular weight excluding hydrogens is 260 g/mol. The predicted octanol–water partition coefficient (Wildman–Crippen LogP) is 0.477. The third kappa shape index (κ3) is 3.09. The molecule has 1 aromatic heterocycles. The summed E-state index contributed by atoms with van der Waals surface area (Å²) in [6, 6.07) is 0. The molecule has 0 bridgehead atoms. The second kappa shape index (κ2) is 5.78. The molecule has 0 radical (unpaired) electrons. The lowest BCUT2D eigenvalue weighted by atomic mass is 9.89. The van der Waals surface area contributed by atoms with Gasteiger partial charge in [0, 0.05) is 26.1 Å². The second-order valence-electron chi connectivity index (χ2n) is 5.97. The molecule has 1 aliphatic heterocycles. The minimum atomic E-state index is -0.532. The Morgan fingerprint density at radius 1 is 1.55 bits per heavy atom. The number of amides is 1. The van der Waals surface area contributed by atoms with E-state index in [1.54, 1.807) is 7.11 Å². The van der Waals surface area contributed by atoms with E-state index in [9.17, 15) is 9.59 Å². The molecule has 2 rings (SSSR count). The standard InChI is InChI=1S/C13H22N4O3/c1-13(2,8-20-3)11(18)17-6-4-5-9(7-17)10-14-12(19)16-15-10/h9H,4-8H2,1-3H3,(H2,14,15,16,19). The van der Waals surface area contributed by atoms with Gasteiger partial charge in [0.05, 0.1) is 12.0 Å². The zero-order valence-electron chi connectivity index (χ0n) is 12.2. The molecule has 1 unspecified atom stereocenters. The van der Waals surface area contributed by atoms with Gasteiger partial charge in [-0.3, -0.25) is 9.78 Å². The number of hydrogen-bond donors (Lipinski definition) is 2. The third-order valence-corrected chi connectivity index (χ3v) is 3.70. The summed E-state index contributed by atoms with van der Waals surface area (Å²) in [5.41, 5.74) is -0.835. The van der Waals surface area contributed by atoms with Gasteiger partial charge in [-0.25, -0.2) is 9.89 Å². The Bertz CT molecular complexity index is 520. The quantitative estimate of drug-likeness (QED) is 0.840. The fourth-order valence-electron chi connectivity index (χ4n) is 2.71. The summed E-state index contributed by atoms with van der Waals surface area (Å²) in [5.74, 6) is 0.809. The van der Waals surface area contributed by atoms with E-state index in [2.05, 4.69) is 15.2 Å². The lowest BCUT2D eigenvalue weighted by Crippen LogP contribution is -2.47. The van der Waals surface area contributed by atoms with Gasteiger partial charge < -0.3 is 9.64 Å². The first-order chi connectivity index (χ1) is 9.44. The van der Waals surface area contributed by atoms with Gasteiger partial charge >= 0.3 is 5.69 Å². The molecular formula is C13H22N4O3. The monoisotopic (exact) mass is 282 g/mol. The summed E-state index contributed by atoms with van der Waals surface area (Å²) in [5, 5.41) is 6.35. The van der Waals surface area contributed by atoms with E-state index in [0.717, 1.165) is 19.4 Å². The number of methoxy groups -OCH3 is 1. The smallest absolute Gasteiger partial charge is 0.340 e.